The normalized spacial score (nSPS) is 16.6. The fourth-order valence-electron chi connectivity index (χ4n) is 2.83. The van der Waals surface area contributed by atoms with Crippen molar-refractivity contribution < 1.29 is 4.79 Å². The first-order valence-corrected chi connectivity index (χ1v) is 8.05. The van der Waals surface area contributed by atoms with Crippen molar-refractivity contribution in [2.24, 2.45) is 0 Å². The topological polar surface area (TPSA) is 81.9 Å². The Balaban J connectivity index is 1.47. The summed E-state index contributed by atoms with van der Waals surface area (Å²) in [6.45, 7) is 1.43. The van der Waals surface area contributed by atoms with Gasteiger partial charge in [-0.15, -0.1) is 0 Å². The van der Waals surface area contributed by atoms with Gasteiger partial charge in [0, 0.05) is 25.6 Å². The molecule has 2 aromatic rings. The van der Waals surface area contributed by atoms with Crippen molar-refractivity contribution in [1.29, 1.82) is 5.26 Å². The van der Waals surface area contributed by atoms with E-state index in [1.165, 1.54) is 11.8 Å². The van der Waals surface area contributed by atoms with Gasteiger partial charge in [0.15, 0.2) is 5.69 Å². The molecule has 1 atom stereocenters. The first-order valence-electron chi connectivity index (χ1n) is 8.05. The van der Waals surface area contributed by atoms with Crippen molar-refractivity contribution in [1.82, 2.24) is 14.9 Å². The number of amides is 1. The third-order valence-electron chi connectivity index (χ3n) is 4.13. The number of carbonyl (C=O) groups excluding carboxylic acids is 1. The molecule has 2 heterocycles. The summed E-state index contributed by atoms with van der Waals surface area (Å²) >= 11 is 0. The lowest BCUT2D eigenvalue weighted by molar-refractivity contribution is -0.130. The molecule has 1 unspecified atom stereocenters. The molecule has 0 bridgehead atoms. The minimum Gasteiger partial charge on any atom is -0.364 e. The van der Waals surface area contributed by atoms with Crippen LogP contribution in [0.15, 0.2) is 42.7 Å². The minimum atomic E-state index is 0.174. The van der Waals surface area contributed by atoms with Gasteiger partial charge < -0.3 is 10.2 Å². The highest BCUT2D eigenvalue weighted by Gasteiger charge is 2.26. The maximum atomic E-state index is 12.3. The summed E-state index contributed by atoms with van der Waals surface area (Å²) in [4.78, 5) is 22.4. The van der Waals surface area contributed by atoms with Gasteiger partial charge in [-0.05, 0) is 18.4 Å². The molecule has 1 aromatic carbocycles. The third kappa shape index (κ3) is 4.07. The lowest BCUT2D eigenvalue weighted by Gasteiger charge is -2.17. The Kier molecular flexibility index (Phi) is 5.02. The van der Waals surface area contributed by atoms with Crippen LogP contribution in [0.2, 0.25) is 0 Å². The number of nitriles is 1. The molecule has 0 saturated carbocycles. The Morgan fingerprint density at radius 3 is 2.83 bits per heavy atom. The standard InChI is InChI=1S/C18H19N5O/c19-10-16-11-21-17(12-20-16)22-15-8-9-23(13-15)18(24)7-6-14-4-2-1-3-5-14/h1-5,11-12,15H,6-9,13H2,(H,21,22). The van der Waals surface area contributed by atoms with Gasteiger partial charge in [-0.2, -0.15) is 5.26 Å². The van der Waals surface area contributed by atoms with Gasteiger partial charge in [0.25, 0.3) is 0 Å². The van der Waals surface area contributed by atoms with Gasteiger partial charge in [0.2, 0.25) is 5.91 Å². The first-order chi connectivity index (χ1) is 11.7. The zero-order valence-corrected chi connectivity index (χ0v) is 13.4. The van der Waals surface area contributed by atoms with E-state index in [1.807, 2.05) is 41.3 Å². The Morgan fingerprint density at radius 1 is 1.29 bits per heavy atom. The highest BCUT2D eigenvalue weighted by molar-refractivity contribution is 5.76. The van der Waals surface area contributed by atoms with Crippen molar-refractivity contribution in [3.8, 4) is 6.07 Å². The Bertz CT molecular complexity index is 723. The molecule has 3 rings (SSSR count). The SMILES string of the molecule is N#Cc1cnc(NC2CCN(C(=O)CCc3ccccc3)C2)cn1. The molecule has 1 saturated heterocycles. The van der Waals surface area contributed by atoms with Crippen LogP contribution in [-0.4, -0.2) is 39.9 Å². The summed E-state index contributed by atoms with van der Waals surface area (Å²) in [6.07, 6.45) is 5.19. The number of benzene rings is 1. The molecule has 0 aliphatic carbocycles. The number of rotatable bonds is 5. The van der Waals surface area contributed by atoms with E-state index >= 15 is 0 Å². The van der Waals surface area contributed by atoms with Crippen LogP contribution in [0.3, 0.4) is 0 Å². The number of aryl methyl sites for hydroxylation is 1. The number of hydrogen-bond acceptors (Lipinski definition) is 5. The van der Waals surface area contributed by atoms with Gasteiger partial charge >= 0.3 is 0 Å². The Morgan fingerprint density at radius 2 is 2.12 bits per heavy atom. The fraction of sp³-hybridized carbons (Fsp3) is 0.333. The molecule has 1 amide bonds. The molecular weight excluding hydrogens is 302 g/mol. The zero-order valence-electron chi connectivity index (χ0n) is 13.4. The number of anilines is 1. The maximum Gasteiger partial charge on any atom is 0.222 e. The predicted molar refractivity (Wildman–Crippen MR) is 90.1 cm³/mol. The van der Waals surface area contributed by atoms with Gasteiger partial charge in [0.05, 0.1) is 12.4 Å². The van der Waals surface area contributed by atoms with Crippen LogP contribution in [0.4, 0.5) is 5.82 Å². The van der Waals surface area contributed by atoms with Crippen LogP contribution in [0.1, 0.15) is 24.1 Å². The van der Waals surface area contributed by atoms with Crippen molar-refractivity contribution in [2.75, 3.05) is 18.4 Å². The lowest BCUT2D eigenvalue weighted by atomic mass is 10.1. The molecule has 122 valence electrons. The summed E-state index contributed by atoms with van der Waals surface area (Å²) < 4.78 is 0. The second-order valence-corrected chi connectivity index (χ2v) is 5.85. The van der Waals surface area contributed by atoms with Crippen molar-refractivity contribution in [3.63, 3.8) is 0 Å². The van der Waals surface area contributed by atoms with Crippen LogP contribution in [0.25, 0.3) is 0 Å². The molecule has 6 nitrogen and oxygen atoms in total. The molecule has 1 fully saturated rings. The minimum absolute atomic E-state index is 0.174. The summed E-state index contributed by atoms with van der Waals surface area (Å²) in [5, 5.41) is 12.0. The Labute approximate surface area is 141 Å². The number of nitrogens with zero attached hydrogens (tertiary/aromatic N) is 4. The lowest BCUT2D eigenvalue weighted by Crippen LogP contribution is -2.31. The first kappa shape index (κ1) is 15.9. The molecule has 1 aliphatic heterocycles. The average Bonchev–Trinajstić information content (AvgIpc) is 3.10. The second-order valence-electron chi connectivity index (χ2n) is 5.85. The molecule has 6 heteroatoms. The average molecular weight is 321 g/mol. The summed E-state index contributed by atoms with van der Waals surface area (Å²) in [5.41, 5.74) is 1.48. The van der Waals surface area contributed by atoms with Crippen LogP contribution in [-0.2, 0) is 11.2 Å². The highest BCUT2D eigenvalue weighted by atomic mass is 16.2. The molecule has 0 radical (unpaired) electrons. The summed E-state index contributed by atoms with van der Waals surface area (Å²) in [7, 11) is 0. The molecule has 0 spiro atoms. The number of carbonyl (C=O) groups is 1. The van der Waals surface area contributed by atoms with Crippen LogP contribution < -0.4 is 5.32 Å². The van der Waals surface area contributed by atoms with E-state index in [0.717, 1.165) is 19.4 Å². The molecule has 1 aliphatic rings. The van der Waals surface area contributed by atoms with Crippen LogP contribution in [0.5, 0.6) is 0 Å². The van der Waals surface area contributed by atoms with Crippen molar-refractivity contribution in [2.45, 2.75) is 25.3 Å². The van der Waals surface area contributed by atoms with Crippen molar-refractivity contribution in [3.05, 3.63) is 54.0 Å². The molecule has 1 N–H and O–H groups in total. The van der Waals surface area contributed by atoms with Gasteiger partial charge in [0.1, 0.15) is 11.9 Å². The van der Waals surface area contributed by atoms with E-state index in [9.17, 15) is 4.79 Å². The van der Waals surface area contributed by atoms with Crippen LogP contribution in [0, 0.1) is 11.3 Å². The van der Waals surface area contributed by atoms with Crippen LogP contribution >= 0.6 is 0 Å². The zero-order chi connectivity index (χ0) is 16.8. The monoisotopic (exact) mass is 321 g/mol. The quantitative estimate of drug-likeness (QED) is 0.911. The smallest absolute Gasteiger partial charge is 0.222 e. The van der Waals surface area contributed by atoms with Gasteiger partial charge in [-0.25, -0.2) is 9.97 Å². The van der Waals surface area contributed by atoms with E-state index in [0.29, 0.717) is 24.5 Å². The second kappa shape index (κ2) is 7.55. The molecule has 24 heavy (non-hydrogen) atoms. The van der Waals surface area contributed by atoms with E-state index in [-0.39, 0.29) is 11.9 Å². The van der Waals surface area contributed by atoms with E-state index in [4.69, 9.17) is 5.26 Å². The van der Waals surface area contributed by atoms with Crippen molar-refractivity contribution >= 4 is 11.7 Å². The molecule has 1 aromatic heterocycles. The number of hydrogen-bond donors (Lipinski definition) is 1. The maximum absolute atomic E-state index is 12.3. The number of nitrogens with one attached hydrogen (secondary N) is 1. The summed E-state index contributed by atoms with van der Waals surface area (Å²) in [6, 6.07) is 12.2. The van der Waals surface area contributed by atoms with Gasteiger partial charge in [-0.3, -0.25) is 4.79 Å². The number of aromatic nitrogens is 2. The van der Waals surface area contributed by atoms with E-state index in [1.54, 1.807) is 6.20 Å². The summed E-state index contributed by atoms with van der Waals surface area (Å²) in [5.74, 6) is 0.826. The highest BCUT2D eigenvalue weighted by Crippen LogP contribution is 2.15. The number of likely N-dealkylation sites (tertiary alicyclic amines) is 1. The molecular formula is C18H19N5O. The largest absolute Gasteiger partial charge is 0.364 e. The predicted octanol–water partition coefficient (Wildman–Crippen LogP) is 1.99. The van der Waals surface area contributed by atoms with Gasteiger partial charge in [-0.1, -0.05) is 30.3 Å². The Hall–Kier alpha value is -2.94. The fourth-order valence-corrected chi connectivity index (χ4v) is 2.83. The van der Waals surface area contributed by atoms with E-state index < -0.39 is 0 Å². The van der Waals surface area contributed by atoms with E-state index in [2.05, 4.69) is 15.3 Å². The third-order valence-corrected chi connectivity index (χ3v) is 4.13.